The lowest BCUT2D eigenvalue weighted by molar-refractivity contribution is 0.261. The Hall–Kier alpha value is -1.13. The van der Waals surface area contributed by atoms with Gasteiger partial charge in [-0.15, -0.1) is 0 Å². The van der Waals surface area contributed by atoms with E-state index in [1.165, 1.54) is 0 Å². The second-order valence-electron chi connectivity index (χ2n) is 5.16. The lowest BCUT2D eigenvalue weighted by Crippen LogP contribution is -2.20. The van der Waals surface area contributed by atoms with E-state index in [-0.39, 0.29) is 0 Å². The molecule has 1 heterocycles. The van der Waals surface area contributed by atoms with Crippen LogP contribution in [0.1, 0.15) is 19.5 Å². The minimum absolute atomic E-state index is 0.657. The molecule has 4 heteroatoms. The average molecular weight is 251 g/mol. The summed E-state index contributed by atoms with van der Waals surface area (Å²) in [6, 6.07) is 3.91. The molecule has 0 unspecified atom stereocenters. The number of likely N-dealkylation sites (N-methyl/N-ethyl adjacent to an activating group) is 1. The van der Waals surface area contributed by atoms with E-state index in [2.05, 4.69) is 29.0 Å². The summed E-state index contributed by atoms with van der Waals surface area (Å²) in [6.07, 6.45) is 1.80. The van der Waals surface area contributed by atoms with Crippen molar-refractivity contribution in [1.29, 1.82) is 0 Å². The predicted octanol–water partition coefficient (Wildman–Crippen LogP) is 1.77. The maximum atomic E-state index is 5.68. The molecule has 0 saturated carbocycles. The molecule has 0 aliphatic heterocycles. The van der Waals surface area contributed by atoms with Crippen LogP contribution < -0.4 is 10.1 Å². The molecule has 0 aliphatic carbocycles. The first-order chi connectivity index (χ1) is 8.58. The van der Waals surface area contributed by atoms with E-state index in [0.29, 0.717) is 12.5 Å². The first kappa shape index (κ1) is 14.9. The lowest BCUT2D eigenvalue weighted by atomic mass is 10.2. The highest BCUT2D eigenvalue weighted by atomic mass is 16.5. The second kappa shape index (κ2) is 8.06. The van der Waals surface area contributed by atoms with Crippen LogP contribution >= 0.6 is 0 Å². The first-order valence-corrected chi connectivity index (χ1v) is 6.51. The summed E-state index contributed by atoms with van der Waals surface area (Å²) in [6.45, 7) is 7.82. The van der Waals surface area contributed by atoms with E-state index in [9.17, 15) is 0 Å². The molecule has 0 atom stereocenters. The number of aromatic nitrogens is 1. The van der Waals surface area contributed by atoms with Gasteiger partial charge in [-0.2, -0.15) is 0 Å². The number of hydrogen-bond donors (Lipinski definition) is 1. The van der Waals surface area contributed by atoms with Crippen molar-refractivity contribution in [2.45, 2.75) is 20.4 Å². The SMILES string of the molecule is CC(C)CNCc1cc(OCCN(C)C)ccn1. The minimum atomic E-state index is 0.657. The highest BCUT2D eigenvalue weighted by Crippen LogP contribution is 2.10. The van der Waals surface area contributed by atoms with Gasteiger partial charge >= 0.3 is 0 Å². The molecule has 0 spiro atoms. The molecular weight excluding hydrogens is 226 g/mol. The summed E-state index contributed by atoms with van der Waals surface area (Å²) >= 11 is 0. The smallest absolute Gasteiger partial charge is 0.122 e. The van der Waals surface area contributed by atoms with Crippen molar-refractivity contribution in [3.05, 3.63) is 24.0 Å². The highest BCUT2D eigenvalue weighted by molar-refractivity contribution is 5.22. The molecule has 1 N–H and O–H groups in total. The monoisotopic (exact) mass is 251 g/mol. The van der Waals surface area contributed by atoms with Crippen molar-refractivity contribution in [2.24, 2.45) is 5.92 Å². The van der Waals surface area contributed by atoms with Gasteiger partial charge in [-0.1, -0.05) is 13.8 Å². The quantitative estimate of drug-likeness (QED) is 0.764. The average Bonchev–Trinajstić information content (AvgIpc) is 2.28. The van der Waals surface area contributed by atoms with E-state index in [1.807, 2.05) is 26.2 Å². The van der Waals surface area contributed by atoms with Crippen molar-refractivity contribution in [3.8, 4) is 5.75 Å². The molecule has 0 radical (unpaired) electrons. The zero-order valence-electron chi connectivity index (χ0n) is 11.9. The molecule has 0 aliphatic rings. The van der Waals surface area contributed by atoms with E-state index < -0.39 is 0 Å². The Bertz CT molecular complexity index is 310. The van der Waals surface area contributed by atoms with Gasteiger partial charge in [0.1, 0.15) is 12.4 Å². The Kier molecular flexibility index (Phi) is 6.68. The number of pyridine rings is 1. The second-order valence-corrected chi connectivity index (χ2v) is 5.16. The van der Waals surface area contributed by atoms with Crippen molar-refractivity contribution < 1.29 is 4.74 Å². The Morgan fingerprint density at radius 2 is 2.17 bits per heavy atom. The van der Waals surface area contributed by atoms with Gasteiger partial charge in [0.15, 0.2) is 0 Å². The van der Waals surface area contributed by atoms with Gasteiger partial charge in [0.2, 0.25) is 0 Å². The van der Waals surface area contributed by atoms with Gasteiger partial charge in [0.05, 0.1) is 5.69 Å². The van der Waals surface area contributed by atoms with Crippen LogP contribution in [-0.2, 0) is 6.54 Å². The molecule has 0 amide bonds. The van der Waals surface area contributed by atoms with Crippen LogP contribution in [-0.4, -0.2) is 43.7 Å². The third kappa shape index (κ3) is 6.57. The highest BCUT2D eigenvalue weighted by Gasteiger charge is 2.00. The van der Waals surface area contributed by atoms with Gasteiger partial charge in [-0.3, -0.25) is 4.98 Å². The van der Waals surface area contributed by atoms with E-state index in [4.69, 9.17) is 4.74 Å². The maximum absolute atomic E-state index is 5.68. The Balaban J connectivity index is 2.36. The Morgan fingerprint density at radius 3 is 2.83 bits per heavy atom. The van der Waals surface area contributed by atoms with Crippen LogP contribution in [0.4, 0.5) is 0 Å². The summed E-state index contributed by atoms with van der Waals surface area (Å²) in [5.41, 5.74) is 1.03. The zero-order valence-corrected chi connectivity index (χ0v) is 11.9. The van der Waals surface area contributed by atoms with E-state index in [1.54, 1.807) is 6.20 Å². The Morgan fingerprint density at radius 1 is 1.39 bits per heavy atom. The van der Waals surface area contributed by atoms with Crippen molar-refractivity contribution >= 4 is 0 Å². The number of rotatable bonds is 8. The summed E-state index contributed by atoms with van der Waals surface area (Å²) in [5, 5.41) is 3.38. The minimum Gasteiger partial charge on any atom is -0.492 e. The molecule has 0 bridgehead atoms. The number of ether oxygens (including phenoxy) is 1. The Labute approximate surface area is 110 Å². The van der Waals surface area contributed by atoms with Crippen molar-refractivity contribution in [2.75, 3.05) is 33.8 Å². The van der Waals surface area contributed by atoms with Gasteiger partial charge in [-0.05, 0) is 32.6 Å². The van der Waals surface area contributed by atoms with Crippen LogP contribution in [0.15, 0.2) is 18.3 Å². The molecule has 18 heavy (non-hydrogen) atoms. The maximum Gasteiger partial charge on any atom is 0.122 e. The first-order valence-electron chi connectivity index (χ1n) is 6.51. The topological polar surface area (TPSA) is 37.4 Å². The molecular formula is C14H25N3O. The normalized spacial score (nSPS) is 11.2. The number of nitrogens with zero attached hydrogens (tertiary/aromatic N) is 2. The predicted molar refractivity (Wildman–Crippen MR) is 74.8 cm³/mol. The molecule has 0 saturated heterocycles. The lowest BCUT2D eigenvalue weighted by Gasteiger charge is -2.12. The van der Waals surface area contributed by atoms with Crippen LogP contribution in [0, 0.1) is 5.92 Å². The molecule has 102 valence electrons. The summed E-state index contributed by atoms with van der Waals surface area (Å²) < 4.78 is 5.68. The molecule has 0 aromatic carbocycles. The third-order valence-electron chi connectivity index (χ3n) is 2.45. The van der Waals surface area contributed by atoms with Crippen LogP contribution in [0.2, 0.25) is 0 Å². The fraction of sp³-hybridized carbons (Fsp3) is 0.643. The zero-order chi connectivity index (χ0) is 13.4. The number of hydrogen-bond acceptors (Lipinski definition) is 4. The summed E-state index contributed by atoms with van der Waals surface area (Å²) in [4.78, 5) is 6.43. The van der Waals surface area contributed by atoms with Crippen molar-refractivity contribution in [3.63, 3.8) is 0 Å². The third-order valence-corrected chi connectivity index (χ3v) is 2.45. The molecule has 1 aromatic rings. The van der Waals surface area contributed by atoms with Gasteiger partial charge in [-0.25, -0.2) is 0 Å². The van der Waals surface area contributed by atoms with E-state index >= 15 is 0 Å². The summed E-state index contributed by atoms with van der Waals surface area (Å²) in [5.74, 6) is 1.55. The molecule has 0 fully saturated rings. The standard InChI is InChI=1S/C14H25N3O/c1-12(2)10-15-11-13-9-14(5-6-16-13)18-8-7-17(3)4/h5-6,9,12,15H,7-8,10-11H2,1-4H3. The largest absolute Gasteiger partial charge is 0.492 e. The summed E-state index contributed by atoms with van der Waals surface area (Å²) in [7, 11) is 4.08. The molecule has 4 nitrogen and oxygen atoms in total. The molecule has 1 rings (SSSR count). The van der Waals surface area contributed by atoms with Crippen molar-refractivity contribution in [1.82, 2.24) is 15.2 Å². The van der Waals surface area contributed by atoms with Crippen LogP contribution in [0.3, 0.4) is 0 Å². The number of nitrogens with one attached hydrogen (secondary N) is 1. The van der Waals surface area contributed by atoms with Crippen LogP contribution in [0.25, 0.3) is 0 Å². The van der Waals surface area contributed by atoms with Gasteiger partial charge in [0, 0.05) is 25.4 Å². The molecule has 1 aromatic heterocycles. The van der Waals surface area contributed by atoms with Gasteiger partial charge in [0.25, 0.3) is 0 Å². The fourth-order valence-electron chi connectivity index (χ4n) is 1.48. The van der Waals surface area contributed by atoms with Gasteiger partial charge < -0.3 is 15.0 Å². The fourth-order valence-corrected chi connectivity index (χ4v) is 1.48. The van der Waals surface area contributed by atoms with E-state index in [0.717, 1.165) is 31.1 Å². The van der Waals surface area contributed by atoms with Crippen LogP contribution in [0.5, 0.6) is 5.75 Å².